The highest BCUT2D eigenvalue weighted by Gasteiger charge is 2.24. The maximum atomic E-state index is 10.9. The quantitative estimate of drug-likeness (QED) is 0.371. The van der Waals surface area contributed by atoms with Gasteiger partial charge in [0.15, 0.2) is 0 Å². The zero-order chi connectivity index (χ0) is 24.2. The van der Waals surface area contributed by atoms with Gasteiger partial charge in [-0.25, -0.2) is 15.0 Å². The number of nitrogens with one attached hydrogen (secondary N) is 1. The predicted octanol–water partition coefficient (Wildman–Crippen LogP) is 4.89. The molecule has 180 valence electrons. The van der Waals surface area contributed by atoms with Crippen LogP contribution in [-0.4, -0.2) is 48.7 Å². The zero-order valence-electron chi connectivity index (χ0n) is 19.5. The summed E-state index contributed by atoms with van der Waals surface area (Å²) in [4.78, 5) is 32.1. The van der Waals surface area contributed by atoms with Crippen LogP contribution in [0.15, 0.2) is 48.9 Å². The summed E-state index contributed by atoms with van der Waals surface area (Å²) in [5.41, 5.74) is 4.20. The second kappa shape index (κ2) is 10.1. The van der Waals surface area contributed by atoms with Crippen LogP contribution in [0.25, 0.3) is 33.7 Å². The number of aromatic amines is 1. The minimum atomic E-state index is -0.733. The Kier molecular flexibility index (Phi) is 6.56. The van der Waals surface area contributed by atoms with Gasteiger partial charge in [0.25, 0.3) is 0 Å². The van der Waals surface area contributed by atoms with Crippen LogP contribution < -0.4 is 9.47 Å². The number of carboxylic acids is 1. The van der Waals surface area contributed by atoms with E-state index in [2.05, 4.69) is 24.9 Å². The van der Waals surface area contributed by atoms with E-state index in [4.69, 9.17) is 14.6 Å². The molecule has 0 unspecified atom stereocenters. The lowest BCUT2D eigenvalue weighted by Gasteiger charge is -2.27. The molecule has 0 radical (unpaired) electrons. The summed E-state index contributed by atoms with van der Waals surface area (Å²) in [6, 6.07) is 10.0. The van der Waals surface area contributed by atoms with Gasteiger partial charge < -0.3 is 19.6 Å². The van der Waals surface area contributed by atoms with Crippen LogP contribution in [0.4, 0.5) is 0 Å². The van der Waals surface area contributed by atoms with Crippen molar-refractivity contribution >= 4 is 17.0 Å². The van der Waals surface area contributed by atoms with E-state index in [-0.39, 0.29) is 18.4 Å². The summed E-state index contributed by atoms with van der Waals surface area (Å²) < 4.78 is 11.5. The summed E-state index contributed by atoms with van der Waals surface area (Å²) >= 11 is 0. The van der Waals surface area contributed by atoms with Gasteiger partial charge in [-0.05, 0) is 62.8 Å². The van der Waals surface area contributed by atoms with E-state index in [0.717, 1.165) is 65.1 Å². The number of nitrogens with zero attached hydrogens (tertiary/aromatic N) is 4. The van der Waals surface area contributed by atoms with Crippen molar-refractivity contribution in [3.8, 4) is 34.4 Å². The van der Waals surface area contributed by atoms with Gasteiger partial charge in [0.2, 0.25) is 0 Å². The van der Waals surface area contributed by atoms with Gasteiger partial charge in [-0.2, -0.15) is 0 Å². The largest absolute Gasteiger partial charge is 0.494 e. The number of benzene rings is 1. The second-order valence-corrected chi connectivity index (χ2v) is 8.74. The van der Waals surface area contributed by atoms with Crippen LogP contribution in [0.5, 0.6) is 11.8 Å². The van der Waals surface area contributed by atoms with Crippen molar-refractivity contribution in [2.45, 2.75) is 45.1 Å². The van der Waals surface area contributed by atoms with E-state index in [9.17, 15) is 4.79 Å². The molecule has 5 rings (SSSR count). The zero-order valence-corrected chi connectivity index (χ0v) is 19.5. The van der Waals surface area contributed by atoms with Gasteiger partial charge in [-0.1, -0.05) is 0 Å². The topological polar surface area (TPSA) is 123 Å². The molecule has 0 amide bonds. The van der Waals surface area contributed by atoms with Crippen molar-refractivity contribution < 1.29 is 19.4 Å². The lowest BCUT2D eigenvalue weighted by atomic mass is 9.85. The van der Waals surface area contributed by atoms with E-state index in [1.807, 2.05) is 37.3 Å². The van der Waals surface area contributed by atoms with Crippen molar-refractivity contribution in [2.75, 3.05) is 6.61 Å². The molecule has 0 bridgehead atoms. The fourth-order valence-electron chi connectivity index (χ4n) is 4.45. The first-order valence-corrected chi connectivity index (χ1v) is 11.9. The number of carboxylic acid groups (broad SMARTS) is 1. The van der Waals surface area contributed by atoms with Crippen LogP contribution in [0.2, 0.25) is 0 Å². The molecule has 1 aliphatic carbocycles. The lowest BCUT2D eigenvalue weighted by molar-refractivity contribution is -0.138. The van der Waals surface area contributed by atoms with Crippen molar-refractivity contribution in [2.24, 2.45) is 5.92 Å². The Morgan fingerprint density at radius 3 is 2.49 bits per heavy atom. The highest BCUT2D eigenvalue weighted by atomic mass is 16.5. The van der Waals surface area contributed by atoms with Gasteiger partial charge in [0.1, 0.15) is 17.7 Å². The highest BCUT2D eigenvalue weighted by molar-refractivity contribution is 5.80. The maximum absolute atomic E-state index is 10.9. The molecule has 0 spiro atoms. The Morgan fingerprint density at radius 1 is 1.03 bits per heavy atom. The highest BCUT2D eigenvalue weighted by Crippen LogP contribution is 2.29. The molecule has 1 aliphatic rings. The third-order valence-corrected chi connectivity index (χ3v) is 6.25. The fraction of sp³-hybridized carbons (Fsp3) is 0.346. The Balaban J connectivity index is 1.22. The van der Waals surface area contributed by atoms with Crippen LogP contribution in [0.1, 0.15) is 39.0 Å². The number of ether oxygens (including phenoxy) is 2. The van der Waals surface area contributed by atoms with Crippen LogP contribution in [-0.2, 0) is 4.79 Å². The Bertz CT molecular complexity index is 1300. The average Bonchev–Trinajstić information content (AvgIpc) is 3.29. The first-order valence-electron chi connectivity index (χ1n) is 11.9. The number of rotatable bonds is 8. The fourth-order valence-corrected chi connectivity index (χ4v) is 4.45. The van der Waals surface area contributed by atoms with E-state index in [1.165, 1.54) is 0 Å². The van der Waals surface area contributed by atoms with Crippen molar-refractivity contribution in [3.05, 3.63) is 48.9 Å². The van der Waals surface area contributed by atoms with Gasteiger partial charge >= 0.3 is 12.0 Å². The third kappa shape index (κ3) is 5.40. The average molecular weight is 474 g/mol. The van der Waals surface area contributed by atoms with Crippen molar-refractivity contribution in [1.82, 2.24) is 24.9 Å². The minimum absolute atomic E-state index is 0.0247. The van der Waals surface area contributed by atoms with Crippen molar-refractivity contribution in [3.63, 3.8) is 0 Å². The predicted molar refractivity (Wildman–Crippen MR) is 130 cm³/mol. The van der Waals surface area contributed by atoms with Gasteiger partial charge in [-0.15, -0.1) is 0 Å². The molecule has 0 saturated heterocycles. The number of fused-ring (bicyclic) bond motifs is 1. The number of carbonyl (C=O) groups is 1. The number of hydrogen-bond donors (Lipinski definition) is 2. The molecule has 1 aromatic carbocycles. The SMILES string of the molecule is CCOc1ccc2nc(-c3ccc(-c4cnc(OC5CCC(CC(=O)O)CC5)nc4)nc3)[nH]c2c1. The number of aliphatic carboxylic acids is 1. The molecule has 4 aromatic rings. The molecule has 0 atom stereocenters. The van der Waals surface area contributed by atoms with Crippen LogP contribution >= 0.6 is 0 Å². The molecule has 9 nitrogen and oxygen atoms in total. The van der Waals surface area contributed by atoms with E-state index < -0.39 is 5.97 Å². The third-order valence-electron chi connectivity index (χ3n) is 6.25. The molecule has 0 aliphatic heterocycles. The molecule has 35 heavy (non-hydrogen) atoms. The van der Waals surface area contributed by atoms with E-state index in [0.29, 0.717) is 12.6 Å². The second-order valence-electron chi connectivity index (χ2n) is 8.74. The monoisotopic (exact) mass is 473 g/mol. The Hall–Kier alpha value is -4.01. The molecular weight excluding hydrogens is 446 g/mol. The van der Waals surface area contributed by atoms with E-state index >= 15 is 0 Å². The molecule has 3 aromatic heterocycles. The smallest absolute Gasteiger partial charge is 0.316 e. The summed E-state index contributed by atoms with van der Waals surface area (Å²) in [5.74, 6) is 1.05. The van der Waals surface area contributed by atoms with Crippen LogP contribution in [0, 0.1) is 5.92 Å². The maximum Gasteiger partial charge on any atom is 0.316 e. The number of aromatic nitrogens is 5. The molecule has 3 heterocycles. The van der Waals surface area contributed by atoms with Crippen LogP contribution in [0.3, 0.4) is 0 Å². The summed E-state index contributed by atoms with van der Waals surface area (Å²) in [6.07, 6.45) is 8.78. The first kappa shape index (κ1) is 22.8. The summed E-state index contributed by atoms with van der Waals surface area (Å²) in [6.45, 7) is 2.57. The van der Waals surface area contributed by atoms with Gasteiger partial charge in [0.05, 0.1) is 23.3 Å². The van der Waals surface area contributed by atoms with Gasteiger partial charge in [0, 0.05) is 42.2 Å². The van der Waals surface area contributed by atoms with E-state index in [1.54, 1.807) is 18.6 Å². The molecule has 9 heteroatoms. The number of H-pyrrole nitrogens is 1. The summed E-state index contributed by atoms with van der Waals surface area (Å²) in [5, 5.41) is 8.95. The molecule has 1 fully saturated rings. The molecule has 1 saturated carbocycles. The number of pyridine rings is 1. The Labute approximate surface area is 202 Å². The number of imidazole rings is 1. The van der Waals surface area contributed by atoms with Crippen molar-refractivity contribution in [1.29, 1.82) is 0 Å². The standard InChI is InChI=1S/C26H27N5O4/c1-2-34-20-8-10-22-23(12-20)31-25(30-22)17-5-9-21(27-13-17)18-14-28-26(29-15-18)35-19-6-3-16(4-7-19)11-24(32)33/h5,8-10,12-16,19H,2-4,6-7,11H2,1H3,(H,30,31)(H,32,33). The summed E-state index contributed by atoms with van der Waals surface area (Å²) in [7, 11) is 0. The van der Waals surface area contributed by atoms with Gasteiger partial charge in [-0.3, -0.25) is 9.78 Å². The lowest BCUT2D eigenvalue weighted by Crippen LogP contribution is -2.25. The Morgan fingerprint density at radius 2 is 1.80 bits per heavy atom. The molecule has 2 N–H and O–H groups in total. The first-order chi connectivity index (χ1) is 17.1. The minimum Gasteiger partial charge on any atom is -0.494 e. The normalized spacial score (nSPS) is 17.9. The number of hydrogen-bond acceptors (Lipinski definition) is 7. The molecular formula is C26H27N5O4.